The molecule has 27 heavy (non-hydrogen) atoms. The van der Waals surface area contributed by atoms with E-state index >= 15 is 0 Å². The number of fused-ring (bicyclic) bond motifs is 5. The van der Waals surface area contributed by atoms with Crippen molar-refractivity contribution in [3.8, 4) is 11.5 Å². The third-order valence-electron chi connectivity index (χ3n) is 6.37. The number of likely N-dealkylation sites (N-methyl/N-ethyl adjacent to an activating group) is 1. The predicted octanol–water partition coefficient (Wildman–Crippen LogP) is 0.974. The van der Waals surface area contributed by atoms with Crippen LogP contribution in [0.15, 0.2) is 5.18 Å². The number of hydrogen-bond acceptors (Lipinski definition) is 9. The highest BCUT2D eigenvalue weighted by atomic mass is 16.6. The van der Waals surface area contributed by atoms with Crippen molar-refractivity contribution in [2.24, 2.45) is 10.9 Å². The van der Waals surface area contributed by atoms with Crippen LogP contribution in [-0.2, 0) is 15.9 Å². The van der Waals surface area contributed by atoms with Crippen LogP contribution in [0.3, 0.4) is 0 Å². The lowest BCUT2D eigenvalue weighted by molar-refractivity contribution is -0.00769. The summed E-state index contributed by atoms with van der Waals surface area (Å²) >= 11 is 0. The maximum Gasteiger partial charge on any atom is 0.404 e. The van der Waals surface area contributed by atoms with Gasteiger partial charge in [0.15, 0.2) is 17.2 Å². The lowest BCUT2D eigenvalue weighted by atomic mass is 9.96. The maximum atomic E-state index is 11.3. The third kappa shape index (κ3) is 1.94. The minimum absolute atomic E-state index is 0.0227. The first-order valence-corrected chi connectivity index (χ1v) is 8.52. The zero-order chi connectivity index (χ0) is 19.7. The van der Waals surface area contributed by atoms with Crippen LogP contribution < -0.4 is 15.4 Å². The van der Waals surface area contributed by atoms with Gasteiger partial charge in [0, 0.05) is 31.2 Å². The Bertz CT molecular complexity index is 861. The summed E-state index contributed by atoms with van der Waals surface area (Å²) in [5, 5.41) is 13.6. The number of nitroso groups, excluding NO2 is 1. The second-order valence-corrected chi connectivity index (χ2v) is 7.31. The number of phenolic OH excluding ortho intramolecular Hbond substituents is 1. The molecule has 0 aliphatic carbocycles. The number of primary amides is 1. The highest BCUT2D eigenvalue weighted by Gasteiger charge is 2.79. The van der Waals surface area contributed by atoms with Crippen molar-refractivity contribution in [3.05, 3.63) is 16.0 Å². The molecule has 10 heteroatoms. The quantitative estimate of drug-likeness (QED) is 0.573. The molecule has 1 aromatic carbocycles. The van der Waals surface area contributed by atoms with Gasteiger partial charge < -0.3 is 30.0 Å². The number of aromatic hydroxyl groups is 1. The van der Waals surface area contributed by atoms with Crippen molar-refractivity contribution in [1.82, 2.24) is 4.90 Å². The van der Waals surface area contributed by atoms with Crippen LogP contribution in [-0.4, -0.2) is 67.8 Å². The van der Waals surface area contributed by atoms with Crippen LogP contribution in [0.1, 0.15) is 11.1 Å². The number of anilines is 1. The summed E-state index contributed by atoms with van der Waals surface area (Å²) in [6.45, 7) is 2.31. The number of carbonyl (C=O) groups excluding carboxylic acids is 1. The molecule has 0 saturated carbocycles. The molecule has 4 rings (SSSR count). The average molecular weight is 378 g/mol. The molecule has 0 radical (unpaired) electrons. The van der Waals surface area contributed by atoms with Crippen molar-refractivity contribution in [2.45, 2.75) is 30.7 Å². The lowest BCUT2D eigenvalue weighted by Gasteiger charge is -2.36. The van der Waals surface area contributed by atoms with E-state index in [1.165, 1.54) is 7.11 Å². The number of nitrogens with zero attached hydrogens (tertiary/aromatic N) is 3. The maximum absolute atomic E-state index is 11.3. The Labute approximate surface area is 155 Å². The van der Waals surface area contributed by atoms with Gasteiger partial charge in [-0.15, -0.1) is 4.91 Å². The van der Waals surface area contributed by atoms with E-state index in [2.05, 4.69) is 10.1 Å². The van der Waals surface area contributed by atoms with Gasteiger partial charge in [0.25, 0.3) is 0 Å². The Morgan fingerprint density at radius 3 is 2.70 bits per heavy atom. The van der Waals surface area contributed by atoms with Gasteiger partial charge in [-0.2, -0.15) is 0 Å². The van der Waals surface area contributed by atoms with Crippen LogP contribution >= 0.6 is 0 Å². The summed E-state index contributed by atoms with van der Waals surface area (Å²) in [7, 11) is 5.04. The SMILES string of the molecule is COc1c(C)c(N=O)c(O)c2c1N1CC3(COC(N)=O)C(N3C)C1(OC)C2. The Balaban J connectivity index is 1.84. The first-order valence-electron chi connectivity index (χ1n) is 8.52. The molecule has 3 aliphatic heterocycles. The molecule has 3 aliphatic rings. The van der Waals surface area contributed by atoms with E-state index in [0.717, 1.165) is 0 Å². The van der Waals surface area contributed by atoms with Gasteiger partial charge in [0.05, 0.1) is 24.4 Å². The molecule has 2 saturated heterocycles. The number of phenols is 1. The van der Waals surface area contributed by atoms with Crippen LogP contribution in [0.25, 0.3) is 0 Å². The van der Waals surface area contributed by atoms with E-state index in [1.807, 2.05) is 11.9 Å². The molecule has 10 nitrogen and oxygen atoms in total. The number of rotatable bonds is 5. The molecule has 1 aromatic rings. The smallest absolute Gasteiger partial charge is 0.404 e. The minimum Gasteiger partial charge on any atom is -0.505 e. The van der Waals surface area contributed by atoms with E-state index < -0.39 is 17.4 Å². The van der Waals surface area contributed by atoms with Crippen molar-refractivity contribution in [1.29, 1.82) is 0 Å². The van der Waals surface area contributed by atoms with E-state index in [-0.39, 0.29) is 24.1 Å². The van der Waals surface area contributed by atoms with Crippen LogP contribution in [0.5, 0.6) is 11.5 Å². The summed E-state index contributed by atoms with van der Waals surface area (Å²) < 4.78 is 16.6. The van der Waals surface area contributed by atoms with E-state index in [9.17, 15) is 14.8 Å². The fourth-order valence-electron chi connectivity index (χ4n) is 5.10. The highest BCUT2D eigenvalue weighted by molar-refractivity contribution is 5.83. The zero-order valence-corrected chi connectivity index (χ0v) is 15.6. The van der Waals surface area contributed by atoms with Gasteiger partial charge in [-0.3, -0.25) is 4.90 Å². The van der Waals surface area contributed by atoms with Crippen molar-refractivity contribution in [3.63, 3.8) is 0 Å². The first kappa shape index (κ1) is 17.8. The minimum atomic E-state index is -0.824. The third-order valence-corrected chi connectivity index (χ3v) is 6.37. The summed E-state index contributed by atoms with van der Waals surface area (Å²) in [6.07, 6.45) is -0.480. The Hall–Kier alpha value is -2.59. The lowest BCUT2D eigenvalue weighted by Crippen LogP contribution is -2.51. The topological polar surface area (TPSA) is 127 Å². The molecule has 4 atom stereocenters. The number of methoxy groups -OCH3 is 2. The van der Waals surface area contributed by atoms with E-state index in [1.54, 1.807) is 14.0 Å². The van der Waals surface area contributed by atoms with Gasteiger partial charge in [-0.05, 0) is 19.1 Å². The molecular formula is C17H22N4O6. The molecular weight excluding hydrogens is 356 g/mol. The van der Waals surface area contributed by atoms with E-state index in [4.69, 9.17) is 19.9 Å². The van der Waals surface area contributed by atoms with Gasteiger partial charge >= 0.3 is 6.09 Å². The molecule has 1 amide bonds. The van der Waals surface area contributed by atoms with Gasteiger partial charge in [0.2, 0.25) is 0 Å². The van der Waals surface area contributed by atoms with Gasteiger partial charge in [-0.1, -0.05) is 0 Å². The fraction of sp³-hybridized carbons (Fsp3) is 0.588. The number of amides is 1. The second-order valence-electron chi connectivity index (χ2n) is 7.31. The largest absolute Gasteiger partial charge is 0.505 e. The molecule has 2 fully saturated rings. The molecule has 0 spiro atoms. The normalized spacial score (nSPS) is 32.5. The number of carbonyl (C=O) groups is 1. The Morgan fingerprint density at radius 2 is 2.15 bits per heavy atom. The standard InChI is InChI=1S/C17H22N4O6/c1-8-10(19-24)12(22)9-5-17(26-4)14-16(20(14)2,7-27-15(18)23)6-21(17)11(9)13(8)25-3/h14,22H,5-7H2,1-4H3,(H2,18,23). The molecule has 3 N–H and O–H groups in total. The fourth-order valence-corrected chi connectivity index (χ4v) is 5.10. The van der Waals surface area contributed by atoms with Crippen LogP contribution in [0, 0.1) is 11.8 Å². The summed E-state index contributed by atoms with van der Waals surface area (Å²) in [6, 6.07) is -0.0844. The number of benzene rings is 1. The van der Waals surface area contributed by atoms with Crippen molar-refractivity contribution < 1.29 is 24.1 Å². The van der Waals surface area contributed by atoms with Gasteiger partial charge in [0.1, 0.15) is 12.4 Å². The second kappa shape index (κ2) is 5.46. The van der Waals surface area contributed by atoms with Crippen molar-refractivity contribution in [2.75, 3.05) is 39.3 Å². The predicted molar refractivity (Wildman–Crippen MR) is 95.5 cm³/mol. The highest BCUT2D eigenvalue weighted by Crippen LogP contribution is 2.64. The summed E-state index contributed by atoms with van der Waals surface area (Å²) in [5.41, 5.74) is 5.63. The molecule has 0 aromatic heterocycles. The Morgan fingerprint density at radius 1 is 1.44 bits per heavy atom. The molecule has 3 heterocycles. The zero-order valence-electron chi connectivity index (χ0n) is 15.6. The van der Waals surface area contributed by atoms with Crippen LogP contribution in [0.4, 0.5) is 16.2 Å². The van der Waals surface area contributed by atoms with Gasteiger partial charge in [-0.25, -0.2) is 4.79 Å². The Kier molecular flexibility index (Phi) is 3.60. The number of nitrogens with two attached hydrogens (primary N) is 1. The first-order chi connectivity index (χ1) is 12.8. The summed E-state index contributed by atoms with van der Waals surface area (Å²) in [4.78, 5) is 26.5. The van der Waals surface area contributed by atoms with E-state index in [0.29, 0.717) is 35.5 Å². The molecule has 0 bridgehead atoms. The van der Waals surface area contributed by atoms with Crippen LogP contribution in [0.2, 0.25) is 0 Å². The molecule has 4 unspecified atom stereocenters. The average Bonchev–Trinajstić information content (AvgIpc) is 2.95. The monoisotopic (exact) mass is 378 g/mol. The summed E-state index contributed by atoms with van der Waals surface area (Å²) in [5.74, 6) is 0.331. The molecule has 146 valence electrons. The van der Waals surface area contributed by atoms with Crippen molar-refractivity contribution >= 4 is 17.5 Å². The number of hydrogen-bond donors (Lipinski definition) is 2. The number of piperazine rings is 1. The number of ether oxygens (including phenoxy) is 3.